The van der Waals surface area contributed by atoms with Crippen molar-refractivity contribution in [3.63, 3.8) is 0 Å². The lowest BCUT2D eigenvalue weighted by atomic mass is 10.3. The maximum atomic E-state index is 11.9. The molecule has 0 bridgehead atoms. The number of rotatable bonds is 4. The number of anilines is 1. The second kappa shape index (κ2) is 4.90. The van der Waals surface area contributed by atoms with Crippen molar-refractivity contribution in [2.75, 3.05) is 18.5 Å². The zero-order valence-corrected chi connectivity index (χ0v) is 8.84. The Labute approximate surface area is 88.8 Å². The van der Waals surface area contributed by atoms with Gasteiger partial charge in [0.05, 0.1) is 5.69 Å². The number of halogens is 2. The van der Waals surface area contributed by atoms with Crippen molar-refractivity contribution in [2.24, 2.45) is 5.73 Å². The molecule has 0 unspecified atom stereocenters. The van der Waals surface area contributed by atoms with Gasteiger partial charge in [0, 0.05) is 17.2 Å². The van der Waals surface area contributed by atoms with Crippen LogP contribution in [0.1, 0.15) is 10.5 Å². The number of hydrogen-bond donors (Lipinski definition) is 2. The first-order valence-corrected chi connectivity index (χ1v) is 4.69. The molecule has 76 valence electrons. The van der Waals surface area contributed by atoms with Crippen molar-refractivity contribution in [1.29, 1.82) is 0 Å². The summed E-state index contributed by atoms with van der Waals surface area (Å²) in [4.78, 5) is 14.7. The summed E-state index contributed by atoms with van der Waals surface area (Å²) in [5.74, 6) is -0.640. The zero-order valence-electron chi connectivity index (χ0n) is 7.26. The molecular formula is C8H9BrFN3O. The molecule has 6 heteroatoms. The van der Waals surface area contributed by atoms with E-state index in [9.17, 15) is 9.18 Å². The van der Waals surface area contributed by atoms with E-state index < -0.39 is 12.6 Å². The van der Waals surface area contributed by atoms with Crippen LogP contribution in [0.5, 0.6) is 0 Å². The topological polar surface area (TPSA) is 68.0 Å². The molecule has 0 saturated carbocycles. The van der Waals surface area contributed by atoms with Crippen LogP contribution in [0.15, 0.2) is 16.7 Å². The highest BCUT2D eigenvalue weighted by molar-refractivity contribution is 9.10. The Balaban J connectivity index is 2.97. The minimum absolute atomic E-state index is 0.113. The van der Waals surface area contributed by atoms with E-state index >= 15 is 0 Å². The first kappa shape index (κ1) is 10.9. The third kappa shape index (κ3) is 2.66. The van der Waals surface area contributed by atoms with Crippen LogP contribution >= 0.6 is 15.9 Å². The van der Waals surface area contributed by atoms with Crippen LogP contribution in [-0.4, -0.2) is 24.1 Å². The van der Waals surface area contributed by atoms with E-state index in [4.69, 9.17) is 5.73 Å². The zero-order chi connectivity index (χ0) is 10.6. The molecule has 1 aromatic rings. The fourth-order valence-corrected chi connectivity index (χ4v) is 1.28. The average molecular weight is 262 g/mol. The lowest BCUT2D eigenvalue weighted by Gasteiger charge is -2.07. The van der Waals surface area contributed by atoms with Crippen molar-refractivity contribution in [3.8, 4) is 0 Å². The van der Waals surface area contributed by atoms with Crippen LogP contribution < -0.4 is 11.1 Å². The molecule has 4 nitrogen and oxygen atoms in total. The molecule has 0 atom stereocenters. The summed E-state index contributed by atoms with van der Waals surface area (Å²) in [5, 5.41) is 2.72. The summed E-state index contributed by atoms with van der Waals surface area (Å²) < 4.78 is 12.6. The van der Waals surface area contributed by atoms with Gasteiger partial charge >= 0.3 is 0 Å². The van der Waals surface area contributed by atoms with E-state index in [1.54, 1.807) is 6.07 Å². The van der Waals surface area contributed by atoms with E-state index in [-0.39, 0.29) is 12.2 Å². The molecule has 14 heavy (non-hydrogen) atoms. The molecule has 1 amide bonds. The molecule has 0 fully saturated rings. The standard InChI is InChI=1S/C8H9BrFN3O/c9-5-3-6(12-2-1-10)7(8(11)14)13-4-5/h3-4,12H,1-2H2,(H2,11,14). The molecule has 0 aliphatic carbocycles. The van der Waals surface area contributed by atoms with Crippen molar-refractivity contribution in [2.45, 2.75) is 0 Å². The highest BCUT2D eigenvalue weighted by Crippen LogP contribution is 2.18. The van der Waals surface area contributed by atoms with Crippen molar-refractivity contribution >= 4 is 27.5 Å². The number of aromatic nitrogens is 1. The number of hydrogen-bond acceptors (Lipinski definition) is 3. The first-order chi connectivity index (χ1) is 6.65. The van der Waals surface area contributed by atoms with Gasteiger partial charge in [-0.05, 0) is 22.0 Å². The summed E-state index contributed by atoms with van der Waals surface area (Å²) >= 11 is 3.19. The number of nitrogens with zero attached hydrogens (tertiary/aromatic N) is 1. The van der Waals surface area contributed by atoms with E-state index in [0.29, 0.717) is 10.2 Å². The van der Waals surface area contributed by atoms with Crippen molar-refractivity contribution in [1.82, 2.24) is 4.98 Å². The Kier molecular flexibility index (Phi) is 3.82. The van der Waals surface area contributed by atoms with Crippen LogP contribution in [0.2, 0.25) is 0 Å². The van der Waals surface area contributed by atoms with E-state index in [1.165, 1.54) is 6.20 Å². The van der Waals surface area contributed by atoms with E-state index in [1.807, 2.05) is 0 Å². The first-order valence-electron chi connectivity index (χ1n) is 3.90. The van der Waals surface area contributed by atoms with E-state index in [0.717, 1.165) is 0 Å². The molecule has 0 saturated heterocycles. The maximum absolute atomic E-state index is 11.9. The smallest absolute Gasteiger partial charge is 0.269 e. The fourth-order valence-electron chi connectivity index (χ4n) is 0.952. The SMILES string of the molecule is NC(=O)c1ncc(Br)cc1NCCF. The van der Waals surface area contributed by atoms with Crippen LogP contribution in [0.25, 0.3) is 0 Å². The molecule has 3 N–H and O–H groups in total. The van der Waals surface area contributed by atoms with Gasteiger partial charge in [0.25, 0.3) is 5.91 Å². The van der Waals surface area contributed by atoms with Gasteiger partial charge in [0.1, 0.15) is 6.67 Å². The van der Waals surface area contributed by atoms with Crippen LogP contribution in [0, 0.1) is 0 Å². The third-order valence-electron chi connectivity index (χ3n) is 1.50. The molecule has 1 rings (SSSR count). The minimum atomic E-state index is -0.640. The quantitative estimate of drug-likeness (QED) is 0.859. The summed E-state index contributed by atoms with van der Waals surface area (Å²) in [7, 11) is 0. The normalized spacial score (nSPS) is 9.86. The molecule has 0 radical (unpaired) electrons. The monoisotopic (exact) mass is 261 g/mol. The number of carbonyl (C=O) groups is 1. The second-order valence-corrected chi connectivity index (χ2v) is 3.45. The summed E-state index contributed by atoms with van der Waals surface area (Å²) in [6.07, 6.45) is 1.46. The van der Waals surface area contributed by atoms with E-state index in [2.05, 4.69) is 26.2 Å². The predicted molar refractivity (Wildman–Crippen MR) is 54.9 cm³/mol. The minimum Gasteiger partial charge on any atom is -0.380 e. The highest BCUT2D eigenvalue weighted by Gasteiger charge is 2.09. The lowest BCUT2D eigenvalue weighted by Crippen LogP contribution is -2.17. The lowest BCUT2D eigenvalue weighted by molar-refractivity contribution is 0.0996. The molecule has 0 spiro atoms. The summed E-state index contributed by atoms with van der Waals surface area (Å²) in [6.45, 7) is -0.400. The van der Waals surface area contributed by atoms with Crippen LogP contribution in [0.3, 0.4) is 0 Å². The number of nitrogens with two attached hydrogens (primary N) is 1. The average Bonchev–Trinajstić information content (AvgIpc) is 2.14. The largest absolute Gasteiger partial charge is 0.380 e. The Bertz CT molecular complexity index is 345. The van der Waals surface area contributed by atoms with Gasteiger partial charge in [-0.2, -0.15) is 0 Å². The Morgan fingerprint density at radius 3 is 3.00 bits per heavy atom. The molecule has 1 heterocycles. The Hall–Kier alpha value is -1.17. The molecule has 0 aromatic carbocycles. The maximum Gasteiger partial charge on any atom is 0.269 e. The fraction of sp³-hybridized carbons (Fsp3) is 0.250. The number of carbonyl (C=O) groups excluding carboxylic acids is 1. The summed E-state index contributed by atoms with van der Waals surface area (Å²) in [6, 6.07) is 1.63. The van der Waals surface area contributed by atoms with Gasteiger partial charge in [-0.25, -0.2) is 9.37 Å². The van der Waals surface area contributed by atoms with Crippen molar-refractivity contribution in [3.05, 3.63) is 22.4 Å². The molecule has 0 aliphatic rings. The highest BCUT2D eigenvalue weighted by atomic mass is 79.9. The number of alkyl halides is 1. The van der Waals surface area contributed by atoms with Gasteiger partial charge in [-0.1, -0.05) is 0 Å². The van der Waals surface area contributed by atoms with Gasteiger partial charge in [0.2, 0.25) is 0 Å². The van der Waals surface area contributed by atoms with Gasteiger partial charge in [-0.15, -0.1) is 0 Å². The third-order valence-corrected chi connectivity index (χ3v) is 1.93. The number of pyridine rings is 1. The number of primary amides is 1. The second-order valence-electron chi connectivity index (χ2n) is 2.53. The number of nitrogens with one attached hydrogen (secondary N) is 1. The number of amides is 1. The Morgan fingerprint density at radius 1 is 1.71 bits per heavy atom. The molecule has 0 aliphatic heterocycles. The van der Waals surface area contributed by atoms with Gasteiger partial charge < -0.3 is 11.1 Å². The predicted octanol–water partition coefficient (Wildman–Crippen LogP) is 1.32. The van der Waals surface area contributed by atoms with Crippen LogP contribution in [0.4, 0.5) is 10.1 Å². The van der Waals surface area contributed by atoms with Crippen LogP contribution in [-0.2, 0) is 0 Å². The van der Waals surface area contributed by atoms with Gasteiger partial charge in [-0.3, -0.25) is 4.79 Å². The molecular weight excluding hydrogens is 253 g/mol. The molecule has 1 aromatic heterocycles. The van der Waals surface area contributed by atoms with Crippen molar-refractivity contribution < 1.29 is 9.18 Å². The Morgan fingerprint density at radius 2 is 2.43 bits per heavy atom. The summed E-state index contributed by atoms with van der Waals surface area (Å²) in [5.41, 5.74) is 5.63. The van der Waals surface area contributed by atoms with Gasteiger partial charge in [0.15, 0.2) is 5.69 Å².